The molecule has 1 aromatic carbocycles. The zero-order valence-electron chi connectivity index (χ0n) is 12.2. The molecule has 1 N–H and O–H groups in total. The molecule has 2 heteroatoms. The van der Waals surface area contributed by atoms with Gasteiger partial charge in [0.25, 0.3) is 0 Å². The Morgan fingerprint density at radius 2 is 1.72 bits per heavy atom. The van der Waals surface area contributed by atoms with Crippen LogP contribution in [0.15, 0.2) is 30.3 Å². The van der Waals surface area contributed by atoms with Crippen LogP contribution in [0.4, 0.5) is 0 Å². The van der Waals surface area contributed by atoms with Crippen molar-refractivity contribution in [3.8, 4) is 0 Å². The van der Waals surface area contributed by atoms with E-state index in [0.717, 1.165) is 25.9 Å². The summed E-state index contributed by atoms with van der Waals surface area (Å²) in [7, 11) is 2.03. The number of ether oxygens (including phenoxy) is 1. The maximum atomic E-state index is 6.09. The van der Waals surface area contributed by atoms with Crippen LogP contribution in [-0.2, 0) is 11.2 Å². The summed E-state index contributed by atoms with van der Waals surface area (Å²) in [6.07, 6.45) is 3.09. The van der Waals surface area contributed by atoms with Crippen molar-refractivity contribution < 1.29 is 4.74 Å². The second kappa shape index (κ2) is 7.55. The summed E-state index contributed by atoms with van der Waals surface area (Å²) in [4.78, 5) is 0. The van der Waals surface area contributed by atoms with Gasteiger partial charge in [-0.25, -0.2) is 0 Å². The van der Waals surface area contributed by atoms with Gasteiger partial charge in [-0.2, -0.15) is 0 Å². The van der Waals surface area contributed by atoms with E-state index < -0.39 is 0 Å². The van der Waals surface area contributed by atoms with E-state index in [-0.39, 0.29) is 5.60 Å². The lowest BCUT2D eigenvalue weighted by Gasteiger charge is -2.39. The Morgan fingerprint density at radius 1 is 1.11 bits per heavy atom. The van der Waals surface area contributed by atoms with Crippen molar-refractivity contribution in [2.75, 3.05) is 13.7 Å². The molecule has 0 bridgehead atoms. The number of hydrogen-bond acceptors (Lipinski definition) is 2. The van der Waals surface area contributed by atoms with E-state index >= 15 is 0 Å². The molecule has 0 aliphatic carbocycles. The van der Waals surface area contributed by atoms with E-state index in [2.05, 4.69) is 56.4 Å². The van der Waals surface area contributed by atoms with Crippen molar-refractivity contribution in [3.63, 3.8) is 0 Å². The minimum absolute atomic E-state index is 0.0562. The molecule has 0 heterocycles. The maximum absolute atomic E-state index is 6.09. The largest absolute Gasteiger partial charge is 0.374 e. The van der Waals surface area contributed by atoms with Crippen LogP contribution >= 0.6 is 0 Å². The zero-order valence-corrected chi connectivity index (χ0v) is 12.2. The van der Waals surface area contributed by atoms with Gasteiger partial charge in [-0.15, -0.1) is 0 Å². The molecule has 0 amide bonds. The van der Waals surface area contributed by atoms with Gasteiger partial charge >= 0.3 is 0 Å². The summed E-state index contributed by atoms with van der Waals surface area (Å²) in [5, 5.41) is 3.45. The topological polar surface area (TPSA) is 21.3 Å². The molecule has 102 valence electrons. The molecule has 1 unspecified atom stereocenters. The fourth-order valence-electron chi connectivity index (χ4n) is 2.74. The molecule has 1 aromatic rings. The van der Waals surface area contributed by atoms with Crippen LogP contribution in [0.5, 0.6) is 0 Å². The molecule has 0 saturated carbocycles. The fourth-order valence-corrected chi connectivity index (χ4v) is 2.74. The van der Waals surface area contributed by atoms with Gasteiger partial charge < -0.3 is 10.1 Å². The molecule has 2 nitrogen and oxygen atoms in total. The normalized spacial score (nSPS) is 13.6. The number of likely N-dealkylation sites (N-methyl/N-ethyl adjacent to an activating group) is 1. The van der Waals surface area contributed by atoms with Gasteiger partial charge in [0.2, 0.25) is 0 Å². The smallest absolute Gasteiger partial charge is 0.0832 e. The first-order chi connectivity index (χ1) is 8.72. The first-order valence-corrected chi connectivity index (χ1v) is 7.07. The molecular formula is C16H27NO. The first kappa shape index (κ1) is 15.2. The zero-order chi connectivity index (χ0) is 13.4. The van der Waals surface area contributed by atoms with E-state index in [1.807, 2.05) is 7.05 Å². The Bertz CT molecular complexity index is 319. The highest BCUT2D eigenvalue weighted by atomic mass is 16.5. The summed E-state index contributed by atoms with van der Waals surface area (Å²) < 4.78 is 6.09. The highest BCUT2D eigenvalue weighted by Crippen LogP contribution is 2.27. The van der Waals surface area contributed by atoms with Crippen molar-refractivity contribution in [2.45, 2.75) is 51.7 Å². The third-order valence-electron chi connectivity index (χ3n) is 3.89. The highest BCUT2D eigenvalue weighted by molar-refractivity contribution is 5.17. The molecule has 0 aliphatic heterocycles. The van der Waals surface area contributed by atoms with Crippen molar-refractivity contribution in [1.29, 1.82) is 0 Å². The molecule has 0 aromatic heterocycles. The molecule has 18 heavy (non-hydrogen) atoms. The predicted octanol–water partition coefficient (Wildman–Crippen LogP) is 3.41. The van der Waals surface area contributed by atoms with Crippen molar-refractivity contribution in [3.05, 3.63) is 35.9 Å². The average molecular weight is 249 g/mol. The first-order valence-electron chi connectivity index (χ1n) is 7.07. The SMILES string of the molecule is CCOC(CC)(CC)C(Cc1ccccc1)NC. The standard InChI is InChI=1S/C16H27NO/c1-5-16(6-2,18-7-3)15(17-4)13-14-11-9-8-10-12-14/h8-12,15,17H,5-7,13H2,1-4H3. The van der Waals surface area contributed by atoms with Crippen LogP contribution in [0.1, 0.15) is 39.2 Å². The quantitative estimate of drug-likeness (QED) is 0.762. The van der Waals surface area contributed by atoms with Gasteiger partial charge in [0.15, 0.2) is 0 Å². The monoisotopic (exact) mass is 249 g/mol. The van der Waals surface area contributed by atoms with Crippen molar-refractivity contribution >= 4 is 0 Å². The van der Waals surface area contributed by atoms with Crippen molar-refractivity contribution in [1.82, 2.24) is 5.32 Å². The molecule has 0 radical (unpaired) electrons. The lowest BCUT2D eigenvalue weighted by molar-refractivity contribution is -0.0703. The van der Waals surface area contributed by atoms with Gasteiger partial charge in [-0.3, -0.25) is 0 Å². The van der Waals surface area contributed by atoms with E-state index in [1.165, 1.54) is 5.56 Å². The third-order valence-corrected chi connectivity index (χ3v) is 3.89. The number of hydrogen-bond donors (Lipinski definition) is 1. The molecule has 1 rings (SSSR count). The van der Waals surface area contributed by atoms with Crippen LogP contribution < -0.4 is 5.32 Å². The molecule has 0 spiro atoms. The molecule has 0 fully saturated rings. The number of benzene rings is 1. The van der Waals surface area contributed by atoms with Crippen molar-refractivity contribution in [2.24, 2.45) is 0 Å². The second-order valence-electron chi connectivity index (χ2n) is 4.74. The lowest BCUT2D eigenvalue weighted by Crippen LogP contribution is -2.52. The fraction of sp³-hybridized carbons (Fsp3) is 0.625. The van der Waals surface area contributed by atoms with E-state index in [4.69, 9.17) is 4.74 Å². The van der Waals surface area contributed by atoms with Gasteiger partial charge in [-0.05, 0) is 38.8 Å². The van der Waals surface area contributed by atoms with Crippen LogP contribution in [0, 0.1) is 0 Å². The summed E-state index contributed by atoms with van der Waals surface area (Å²) in [6.45, 7) is 7.28. The van der Waals surface area contributed by atoms with Gasteiger partial charge in [0.05, 0.1) is 5.60 Å². The Balaban J connectivity index is 2.85. The van der Waals surface area contributed by atoms with Crippen LogP contribution in [0.2, 0.25) is 0 Å². The van der Waals surface area contributed by atoms with Gasteiger partial charge in [0.1, 0.15) is 0 Å². The average Bonchev–Trinajstić information content (AvgIpc) is 2.44. The van der Waals surface area contributed by atoms with E-state index in [0.29, 0.717) is 6.04 Å². The maximum Gasteiger partial charge on any atom is 0.0832 e. The summed E-state index contributed by atoms with van der Waals surface area (Å²) >= 11 is 0. The molecule has 1 atom stereocenters. The minimum Gasteiger partial charge on any atom is -0.374 e. The number of nitrogens with one attached hydrogen (secondary N) is 1. The third kappa shape index (κ3) is 3.56. The van der Waals surface area contributed by atoms with Crippen LogP contribution in [0.3, 0.4) is 0 Å². The summed E-state index contributed by atoms with van der Waals surface area (Å²) in [6, 6.07) is 11.0. The van der Waals surface area contributed by atoms with Crippen LogP contribution in [0.25, 0.3) is 0 Å². The van der Waals surface area contributed by atoms with E-state index in [1.54, 1.807) is 0 Å². The Labute approximate surface area is 112 Å². The summed E-state index contributed by atoms with van der Waals surface area (Å²) in [5.41, 5.74) is 1.31. The number of rotatable bonds is 8. The molecular weight excluding hydrogens is 222 g/mol. The Morgan fingerprint density at radius 3 is 2.17 bits per heavy atom. The Kier molecular flexibility index (Phi) is 6.37. The van der Waals surface area contributed by atoms with Gasteiger partial charge in [-0.1, -0.05) is 44.2 Å². The summed E-state index contributed by atoms with van der Waals surface area (Å²) in [5.74, 6) is 0. The Hall–Kier alpha value is -0.860. The molecule has 0 saturated heterocycles. The predicted molar refractivity (Wildman–Crippen MR) is 77.9 cm³/mol. The van der Waals surface area contributed by atoms with E-state index in [9.17, 15) is 0 Å². The lowest BCUT2D eigenvalue weighted by atomic mass is 9.84. The minimum atomic E-state index is -0.0562. The highest BCUT2D eigenvalue weighted by Gasteiger charge is 2.35. The van der Waals surface area contributed by atoms with Crippen LogP contribution in [-0.4, -0.2) is 25.3 Å². The second-order valence-corrected chi connectivity index (χ2v) is 4.74. The molecule has 0 aliphatic rings. The van der Waals surface area contributed by atoms with Gasteiger partial charge in [0, 0.05) is 12.6 Å².